The van der Waals surface area contributed by atoms with Crippen molar-refractivity contribution in [3.63, 3.8) is 0 Å². The summed E-state index contributed by atoms with van der Waals surface area (Å²) in [6.07, 6.45) is 13.2. The molecule has 0 spiro atoms. The van der Waals surface area contributed by atoms with Crippen LogP contribution in [-0.2, 0) is 0 Å². The molecule has 114 valence electrons. The lowest BCUT2D eigenvalue weighted by atomic mass is 10.00. The van der Waals surface area contributed by atoms with Crippen LogP contribution in [0.3, 0.4) is 0 Å². The number of hydrogen-bond donors (Lipinski definition) is 2. The van der Waals surface area contributed by atoms with Gasteiger partial charge in [-0.05, 0) is 24.1 Å². The lowest BCUT2D eigenvalue weighted by molar-refractivity contribution is 0.474. The Bertz CT molecular complexity index is 334. The lowest BCUT2D eigenvalue weighted by Gasteiger charge is -2.11. The fourth-order valence-corrected chi connectivity index (χ4v) is 2.56. The van der Waals surface area contributed by atoms with Crippen LogP contribution in [0.15, 0.2) is 24.3 Å². The van der Waals surface area contributed by atoms with Gasteiger partial charge in [0.1, 0.15) is 5.75 Å². The van der Waals surface area contributed by atoms with Gasteiger partial charge >= 0.3 is 0 Å². The summed E-state index contributed by atoms with van der Waals surface area (Å²) in [6.45, 7) is 2.26. The summed E-state index contributed by atoms with van der Waals surface area (Å²) in [4.78, 5) is 0. The van der Waals surface area contributed by atoms with Crippen LogP contribution >= 0.6 is 0 Å². The summed E-state index contributed by atoms with van der Waals surface area (Å²) < 4.78 is 0. The number of unbranched alkanes of at least 4 members (excludes halogenated alkanes) is 8. The van der Waals surface area contributed by atoms with Crippen LogP contribution in [0.5, 0.6) is 5.75 Å². The third kappa shape index (κ3) is 7.54. The first kappa shape index (κ1) is 17.0. The monoisotopic (exact) mass is 277 g/mol. The van der Waals surface area contributed by atoms with E-state index < -0.39 is 0 Å². The average molecular weight is 277 g/mol. The van der Waals surface area contributed by atoms with Crippen molar-refractivity contribution >= 4 is 0 Å². The van der Waals surface area contributed by atoms with Gasteiger partial charge in [0.2, 0.25) is 0 Å². The highest BCUT2D eigenvalue weighted by Gasteiger charge is 2.05. The first-order valence-corrected chi connectivity index (χ1v) is 8.28. The summed E-state index contributed by atoms with van der Waals surface area (Å²) in [5.74, 6) is 0.309. The summed E-state index contributed by atoms with van der Waals surface area (Å²) in [5, 5.41) is 9.25. The fourth-order valence-electron chi connectivity index (χ4n) is 2.56. The normalized spacial score (nSPS) is 12.5. The number of hydrogen-bond acceptors (Lipinski definition) is 2. The van der Waals surface area contributed by atoms with Gasteiger partial charge in [0.05, 0.1) is 0 Å². The number of aromatic hydroxyl groups is 1. The van der Waals surface area contributed by atoms with E-state index in [-0.39, 0.29) is 6.04 Å². The summed E-state index contributed by atoms with van der Waals surface area (Å²) in [5.41, 5.74) is 7.29. The molecule has 1 unspecified atom stereocenters. The summed E-state index contributed by atoms with van der Waals surface area (Å²) >= 11 is 0. The average Bonchev–Trinajstić information content (AvgIpc) is 2.46. The Morgan fingerprint density at radius 2 is 1.35 bits per heavy atom. The highest BCUT2D eigenvalue weighted by Crippen LogP contribution is 2.20. The van der Waals surface area contributed by atoms with Crippen molar-refractivity contribution in [2.75, 3.05) is 0 Å². The minimum absolute atomic E-state index is 0.111. The Balaban J connectivity index is 1.99. The van der Waals surface area contributed by atoms with Crippen LogP contribution in [0, 0.1) is 0 Å². The van der Waals surface area contributed by atoms with Crippen molar-refractivity contribution in [3.05, 3.63) is 29.8 Å². The van der Waals surface area contributed by atoms with Crippen LogP contribution in [0.1, 0.15) is 82.7 Å². The predicted molar refractivity (Wildman–Crippen MR) is 86.9 cm³/mol. The van der Waals surface area contributed by atoms with Gasteiger partial charge in [0, 0.05) is 6.04 Å². The van der Waals surface area contributed by atoms with Crippen LogP contribution in [0.4, 0.5) is 0 Å². The second-order valence-electron chi connectivity index (χ2n) is 5.82. The van der Waals surface area contributed by atoms with Crippen LogP contribution in [0.25, 0.3) is 0 Å². The Kier molecular flexibility index (Phi) is 9.14. The molecule has 0 aromatic heterocycles. The van der Waals surface area contributed by atoms with Gasteiger partial charge in [-0.25, -0.2) is 0 Å². The third-order valence-electron chi connectivity index (χ3n) is 3.94. The van der Waals surface area contributed by atoms with Crippen molar-refractivity contribution in [2.45, 2.75) is 77.2 Å². The Labute approximate surface area is 124 Å². The molecule has 1 rings (SSSR count). The molecule has 0 aliphatic rings. The molecular formula is C18H31NO. The molecular weight excluding hydrogens is 246 g/mol. The van der Waals surface area contributed by atoms with Crippen LogP contribution < -0.4 is 5.73 Å². The summed E-state index contributed by atoms with van der Waals surface area (Å²) in [6, 6.07) is 7.39. The molecule has 1 aromatic rings. The largest absolute Gasteiger partial charge is 0.508 e. The smallest absolute Gasteiger partial charge is 0.115 e. The number of phenols is 1. The second kappa shape index (κ2) is 10.7. The molecule has 0 fully saturated rings. The quantitative estimate of drug-likeness (QED) is 0.538. The lowest BCUT2D eigenvalue weighted by Crippen LogP contribution is -2.09. The Morgan fingerprint density at radius 3 is 1.90 bits per heavy atom. The van der Waals surface area contributed by atoms with E-state index in [0.717, 1.165) is 12.0 Å². The van der Waals surface area contributed by atoms with Gasteiger partial charge in [-0.15, -0.1) is 0 Å². The molecule has 2 nitrogen and oxygen atoms in total. The molecule has 1 aromatic carbocycles. The predicted octanol–water partition coefficient (Wildman–Crippen LogP) is 5.31. The number of benzene rings is 1. The fraction of sp³-hybridized carbons (Fsp3) is 0.667. The zero-order valence-electron chi connectivity index (χ0n) is 13.0. The molecule has 3 N–H and O–H groups in total. The number of phenolic OH excluding ortho intramolecular Hbond substituents is 1. The maximum absolute atomic E-state index is 9.25. The highest BCUT2D eigenvalue weighted by atomic mass is 16.3. The Hall–Kier alpha value is -1.02. The van der Waals surface area contributed by atoms with Crippen molar-refractivity contribution in [1.29, 1.82) is 0 Å². The maximum Gasteiger partial charge on any atom is 0.115 e. The molecule has 0 saturated heterocycles. The van der Waals surface area contributed by atoms with E-state index >= 15 is 0 Å². The van der Waals surface area contributed by atoms with E-state index in [0.29, 0.717) is 5.75 Å². The standard InChI is InChI=1S/C18H31NO/c1-2-3-4-5-6-7-8-9-10-11-18(19)16-12-14-17(20)15-13-16/h12-15,18,20H,2-11,19H2,1H3. The number of rotatable bonds is 11. The molecule has 0 heterocycles. The minimum atomic E-state index is 0.111. The van der Waals surface area contributed by atoms with E-state index in [9.17, 15) is 5.11 Å². The van der Waals surface area contributed by atoms with Gasteiger partial charge in [0.15, 0.2) is 0 Å². The zero-order valence-corrected chi connectivity index (χ0v) is 13.0. The van der Waals surface area contributed by atoms with Gasteiger partial charge in [-0.3, -0.25) is 0 Å². The van der Waals surface area contributed by atoms with Crippen molar-refractivity contribution in [3.8, 4) is 5.75 Å². The molecule has 0 bridgehead atoms. The zero-order chi connectivity index (χ0) is 14.6. The molecule has 0 amide bonds. The van der Waals surface area contributed by atoms with Crippen LogP contribution in [0.2, 0.25) is 0 Å². The van der Waals surface area contributed by atoms with Gasteiger partial charge in [-0.1, -0.05) is 76.8 Å². The molecule has 1 atom stereocenters. The van der Waals surface area contributed by atoms with E-state index in [4.69, 9.17) is 5.73 Å². The van der Waals surface area contributed by atoms with Gasteiger partial charge < -0.3 is 10.8 Å². The maximum atomic E-state index is 9.25. The van der Waals surface area contributed by atoms with Crippen molar-refractivity contribution in [2.24, 2.45) is 5.73 Å². The molecule has 0 radical (unpaired) electrons. The number of nitrogens with two attached hydrogens (primary N) is 1. The minimum Gasteiger partial charge on any atom is -0.508 e. The molecule has 0 saturated carbocycles. The van der Waals surface area contributed by atoms with Crippen molar-refractivity contribution in [1.82, 2.24) is 0 Å². The van der Waals surface area contributed by atoms with E-state index in [2.05, 4.69) is 6.92 Å². The molecule has 2 heteroatoms. The van der Waals surface area contributed by atoms with E-state index in [1.54, 1.807) is 12.1 Å². The first-order valence-electron chi connectivity index (χ1n) is 8.28. The van der Waals surface area contributed by atoms with E-state index in [1.165, 1.54) is 57.8 Å². The summed E-state index contributed by atoms with van der Waals surface area (Å²) in [7, 11) is 0. The van der Waals surface area contributed by atoms with Crippen molar-refractivity contribution < 1.29 is 5.11 Å². The second-order valence-corrected chi connectivity index (χ2v) is 5.82. The molecule has 0 aliphatic carbocycles. The first-order chi connectivity index (χ1) is 9.74. The van der Waals surface area contributed by atoms with E-state index in [1.807, 2.05) is 12.1 Å². The topological polar surface area (TPSA) is 46.2 Å². The highest BCUT2D eigenvalue weighted by molar-refractivity contribution is 5.27. The van der Waals surface area contributed by atoms with Gasteiger partial charge in [0.25, 0.3) is 0 Å². The molecule has 20 heavy (non-hydrogen) atoms. The SMILES string of the molecule is CCCCCCCCCCCC(N)c1ccc(O)cc1. The third-order valence-corrected chi connectivity index (χ3v) is 3.94. The van der Waals surface area contributed by atoms with Gasteiger partial charge in [-0.2, -0.15) is 0 Å². The van der Waals surface area contributed by atoms with Crippen LogP contribution in [-0.4, -0.2) is 5.11 Å². The molecule has 0 aliphatic heterocycles. The Morgan fingerprint density at radius 1 is 0.850 bits per heavy atom.